The van der Waals surface area contributed by atoms with Gasteiger partial charge in [0.2, 0.25) is 5.91 Å². The molecular formula is C17H22N4O2S. The van der Waals surface area contributed by atoms with Crippen molar-refractivity contribution in [3.05, 3.63) is 35.1 Å². The molecule has 1 fully saturated rings. The lowest BCUT2D eigenvalue weighted by Gasteiger charge is -2.19. The molecule has 1 saturated heterocycles. The van der Waals surface area contributed by atoms with Crippen LogP contribution in [0.15, 0.2) is 24.5 Å². The smallest absolute Gasteiger partial charge is 0.223 e. The van der Waals surface area contributed by atoms with Crippen LogP contribution in [0.25, 0.3) is 0 Å². The summed E-state index contributed by atoms with van der Waals surface area (Å²) in [6.07, 6.45) is 4.80. The second-order valence-electron chi connectivity index (χ2n) is 6.20. The van der Waals surface area contributed by atoms with Crippen molar-refractivity contribution in [3.8, 4) is 5.75 Å². The number of anilines is 1. The number of aromatic nitrogens is 2. The van der Waals surface area contributed by atoms with Crippen molar-refractivity contribution in [2.24, 2.45) is 0 Å². The highest BCUT2D eigenvalue weighted by Crippen LogP contribution is 2.27. The number of carbonyl (C=O) groups is 1. The van der Waals surface area contributed by atoms with E-state index < -0.39 is 0 Å². The van der Waals surface area contributed by atoms with Crippen molar-refractivity contribution in [2.45, 2.75) is 45.9 Å². The molecule has 0 saturated carbocycles. The Morgan fingerprint density at radius 2 is 2.33 bits per heavy atom. The van der Waals surface area contributed by atoms with E-state index in [4.69, 9.17) is 4.74 Å². The molecule has 1 amide bonds. The zero-order chi connectivity index (χ0) is 17.1. The van der Waals surface area contributed by atoms with Gasteiger partial charge >= 0.3 is 0 Å². The number of carbonyl (C=O) groups excluding carboxylic acids is 1. The molecule has 3 heterocycles. The Hall–Kier alpha value is -1.99. The van der Waals surface area contributed by atoms with Gasteiger partial charge in [-0.25, -0.2) is 4.98 Å². The minimum absolute atomic E-state index is 0.0912. The third-order valence-corrected chi connectivity index (χ3v) is 4.93. The van der Waals surface area contributed by atoms with Crippen LogP contribution in [0.1, 0.15) is 30.8 Å². The van der Waals surface area contributed by atoms with Crippen molar-refractivity contribution in [1.29, 1.82) is 0 Å². The zero-order valence-electron chi connectivity index (χ0n) is 14.2. The van der Waals surface area contributed by atoms with E-state index in [9.17, 15) is 4.79 Å². The molecule has 0 aliphatic carbocycles. The highest BCUT2D eigenvalue weighted by atomic mass is 32.1. The van der Waals surface area contributed by atoms with Crippen molar-refractivity contribution in [1.82, 2.24) is 14.9 Å². The molecule has 1 aliphatic rings. The molecule has 2 aromatic heterocycles. The summed E-state index contributed by atoms with van der Waals surface area (Å²) in [5.74, 6) is 0.791. The van der Waals surface area contributed by atoms with Crippen LogP contribution < -0.4 is 10.1 Å². The van der Waals surface area contributed by atoms with Gasteiger partial charge in [0.15, 0.2) is 5.13 Å². The van der Waals surface area contributed by atoms with Crippen LogP contribution in [-0.4, -0.2) is 39.5 Å². The first-order valence-corrected chi connectivity index (χ1v) is 8.87. The number of rotatable bonds is 5. The number of nitrogens with zero attached hydrogens (tertiary/aromatic N) is 3. The monoisotopic (exact) mass is 346 g/mol. The molecule has 1 N–H and O–H groups in total. The predicted octanol–water partition coefficient (Wildman–Crippen LogP) is 2.85. The summed E-state index contributed by atoms with van der Waals surface area (Å²) in [6.45, 7) is 7.39. The van der Waals surface area contributed by atoms with E-state index in [1.807, 2.05) is 25.3 Å². The van der Waals surface area contributed by atoms with Crippen molar-refractivity contribution >= 4 is 22.4 Å². The summed E-state index contributed by atoms with van der Waals surface area (Å²) in [7, 11) is 0. The largest absolute Gasteiger partial charge is 0.489 e. The molecule has 0 unspecified atom stereocenters. The molecule has 2 atom stereocenters. The average Bonchev–Trinajstić information content (AvgIpc) is 3.06. The first-order chi connectivity index (χ1) is 11.5. The number of ether oxygens (including phenoxy) is 1. The van der Waals surface area contributed by atoms with Crippen LogP contribution in [0, 0.1) is 6.92 Å². The highest BCUT2D eigenvalue weighted by Gasteiger charge is 2.30. The Balaban J connectivity index is 1.57. The van der Waals surface area contributed by atoms with Crippen LogP contribution in [0.3, 0.4) is 0 Å². The SMILES string of the molecule is CC(=O)Nc1ncc(CN2C[C@H](Oc3ccnc(C)c3)C[C@@H]2C)s1. The predicted molar refractivity (Wildman–Crippen MR) is 94.3 cm³/mol. The number of nitrogens with one attached hydrogen (secondary N) is 1. The Kier molecular flexibility index (Phi) is 5.11. The maximum atomic E-state index is 11.1. The maximum absolute atomic E-state index is 11.1. The van der Waals surface area contributed by atoms with Gasteiger partial charge in [0.05, 0.1) is 0 Å². The number of pyridine rings is 1. The van der Waals surface area contributed by atoms with Crippen LogP contribution in [0.5, 0.6) is 5.75 Å². The van der Waals surface area contributed by atoms with Gasteiger partial charge in [-0.3, -0.25) is 14.7 Å². The number of amides is 1. The number of aryl methyl sites for hydroxylation is 1. The lowest BCUT2D eigenvalue weighted by molar-refractivity contribution is -0.114. The summed E-state index contributed by atoms with van der Waals surface area (Å²) in [4.78, 5) is 23.1. The fourth-order valence-electron chi connectivity index (χ4n) is 2.93. The number of hydrogen-bond acceptors (Lipinski definition) is 6. The van der Waals surface area contributed by atoms with Crippen LogP contribution in [0.4, 0.5) is 5.13 Å². The molecule has 0 bridgehead atoms. The Morgan fingerprint density at radius 1 is 1.50 bits per heavy atom. The molecule has 1 aliphatic heterocycles. The Labute approximate surface area is 145 Å². The van der Waals surface area contributed by atoms with E-state index in [-0.39, 0.29) is 12.0 Å². The fourth-order valence-corrected chi connectivity index (χ4v) is 3.81. The molecule has 7 heteroatoms. The third kappa shape index (κ3) is 4.30. The summed E-state index contributed by atoms with van der Waals surface area (Å²) in [6, 6.07) is 4.32. The Bertz CT molecular complexity index is 718. The number of hydrogen-bond donors (Lipinski definition) is 1. The maximum Gasteiger partial charge on any atom is 0.223 e. The first-order valence-electron chi connectivity index (χ1n) is 8.05. The number of likely N-dealkylation sites (tertiary alicyclic amines) is 1. The minimum Gasteiger partial charge on any atom is -0.489 e. The molecule has 0 spiro atoms. The first kappa shape index (κ1) is 16.9. The summed E-state index contributed by atoms with van der Waals surface area (Å²) in [5, 5.41) is 3.38. The van der Waals surface area contributed by atoms with Gasteiger partial charge in [-0.2, -0.15) is 0 Å². The minimum atomic E-state index is -0.0912. The standard InChI is InChI=1S/C17H22N4O2S/c1-11-6-14(4-5-18-11)23-15-7-12(2)21(9-15)10-16-8-19-17(24-16)20-13(3)22/h4-6,8,12,15H,7,9-10H2,1-3H3,(H,19,20,22)/t12-,15+/m0/s1. The van der Waals surface area contributed by atoms with Gasteiger partial charge in [-0.05, 0) is 19.9 Å². The molecule has 0 aromatic carbocycles. The van der Waals surface area contributed by atoms with E-state index >= 15 is 0 Å². The molecule has 6 nitrogen and oxygen atoms in total. The van der Waals surface area contributed by atoms with E-state index in [1.54, 1.807) is 6.20 Å². The summed E-state index contributed by atoms with van der Waals surface area (Å²) < 4.78 is 6.10. The van der Waals surface area contributed by atoms with Crippen LogP contribution >= 0.6 is 11.3 Å². The second kappa shape index (κ2) is 7.27. The van der Waals surface area contributed by atoms with E-state index in [0.29, 0.717) is 11.2 Å². The second-order valence-corrected chi connectivity index (χ2v) is 7.32. The van der Waals surface area contributed by atoms with Crippen molar-refractivity contribution in [2.75, 3.05) is 11.9 Å². The quantitative estimate of drug-likeness (QED) is 0.902. The van der Waals surface area contributed by atoms with E-state index in [2.05, 4.69) is 27.1 Å². The third-order valence-electron chi connectivity index (χ3n) is 4.03. The molecule has 24 heavy (non-hydrogen) atoms. The van der Waals surface area contributed by atoms with E-state index in [0.717, 1.165) is 35.8 Å². The van der Waals surface area contributed by atoms with E-state index in [1.165, 1.54) is 18.3 Å². The van der Waals surface area contributed by atoms with Crippen LogP contribution in [-0.2, 0) is 11.3 Å². The van der Waals surface area contributed by atoms with Gasteiger partial charge in [0, 0.05) is 61.5 Å². The van der Waals surface area contributed by atoms with Gasteiger partial charge in [0.25, 0.3) is 0 Å². The van der Waals surface area contributed by atoms with Crippen molar-refractivity contribution in [3.63, 3.8) is 0 Å². The lowest BCUT2D eigenvalue weighted by Crippen LogP contribution is -2.27. The topological polar surface area (TPSA) is 67.4 Å². The molecule has 3 rings (SSSR count). The van der Waals surface area contributed by atoms with Crippen molar-refractivity contribution < 1.29 is 9.53 Å². The normalized spacial score (nSPS) is 21.0. The molecule has 128 valence electrons. The molecular weight excluding hydrogens is 324 g/mol. The summed E-state index contributed by atoms with van der Waals surface area (Å²) >= 11 is 1.52. The molecule has 2 aromatic rings. The van der Waals surface area contributed by atoms with Gasteiger partial charge in [-0.1, -0.05) is 0 Å². The van der Waals surface area contributed by atoms with Gasteiger partial charge in [-0.15, -0.1) is 11.3 Å². The average molecular weight is 346 g/mol. The summed E-state index contributed by atoms with van der Waals surface area (Å²) in [5.41, 5.74) is 0.963. The molecule has 0 radical (unpaired) electrons. The fraction of sp³-hybridized carbons (Fsp3) is 0.471. The lowest BCUT2D eigenvalue weighted by atomic mass is 10.2. The highest BCUT2D eigenvalue weighted by molar-refractivity contribution is 7.15. The zero-order valence-corrected chi connectivity index (χ0v) is 15.0. The Morgan fingerprint density at radius 3 is 3.08 bits per heavy atom. The number of thiazole rings is 1. The van der Waals surface area contributed by atoms with Gasteiger partial charge < -0.3 is 10.1 Å². The van der Waals surface area contributed by atoms with Crippen LogP contribution in [0.2, 0.25) is 0 Å². The van der Waals surface area contributed by atoms with Gasteiger partial charge in [0.1, 0.15) is 11.9 Å².